The van der Waals surface area contributed by atoms with E-state index in [2.05, 4.69) is 10.6 Å². The summed E-state index contributed by atoms with van der Waals surface area (Å²) in [5, 5.41) is 5.40. The Morgan fingerprint density at radius 1 is 1.64 bits per heavy atom. The van der Waals surface area contributed by atoms with Gasteiger partial charge in [-0.25, -0.2) is 4.79 Å². The van der Waals surface area contributed by atoms with Crippen LogP contribution in [0.25, 0.3) is 0 Å². The average Bonchev–Trinajstić information content (AvgIpc) is 2.56. The molecule has 1 aromatic heterocycles. The molecule has 1 amide bonds. The highest BCUT2D eigenvalue weighted by Crippen LogP contribution is 2.09. The third kappa shape index (κ3) is 1.24. The topological polar surface area (TPSA) is 76.3 Å². The van der Waals surface area contributed by atoms with E-state index in [-0.39, 0.29) is 5.56 Å². The Morgan fingerprint density at radius 3 is 3.07 bits per heavy atom. The summed E-state index contributed by atoms with van der Waals surface area (Å²) in [5.74, 6) is 0.560. The summed E-state index contributed by atoms with van der Waals surface area (Å²) in [5.41, 5.74) is 0.258. The van der Waals surface area contributed by atoms with Crippen molar-refractivity contribution in [2.24, 2.45) is 0 Å². The molecule has 0 aromatic carbocycles. The van der Waals surface area contributed by atoms with Crippen molar-refractivity contribution < 1.29 is 9.32 Å². The lowest BCUT2D eigenvalue weighted by Gasteiger charge is -2.07. The van der Waals surface area contributed by atoms with Crippen molar-refractivity contribution in [3.63, 3.8) is 0 Å². The molecule has 0 saturated heterocycles. The third-order valence-corrected chi connectivity index (χ3v) is 2.22. The van der Waals surface area contributed by atoms with E-state index in [0.717, 1.165) is 11.3 Å². The number of aromatic nitrogens is 1. The number of nitrogens with zero attached hydrogens (tertiary/aromatic N) is 1. The zero-order valence-electron chi connectivity index (χ0n) is 7.79. The van der Waals surface area contributed by atoms with E-state index in [0.29, 0.717) is 24.3 Å². The second kappa shape index (κ2) is 3.30. The minimum atomic E-state index is -0.538. The standard InChI is InChI=1S/C8H11N3O3/c1-9-8(13)11-7(12)5-2-3-10-4-6(5)14-11/h10H,2-4H2,1H3,(H,9,13). The van der Waals surface area contributed by atoms with Crippen molar-refractivity contribution in [3.05, 3.63) is 21.7 Å². The molecule has 0 bridgehead atoms. The molecule has 2 N–H and O–H groups in total. The van der Waals surface area contributed by atoms with Gasteiger partial charge in [-0.2, -0.15) is 0 Å². The smallest absolute Gasteiger partial charge is 0.358 e. The molecule has 76 valence electrons. The number of hydrogen-bond donors (Lipinski definition) is 2. The van der Waals surface area contributed by atoms with Gasteiger partial charge in [0, 0.05) is 7.05 Å². The Kier molecular flexibility index (Phi) is 2.12. The van der Waals surface area contributed by atoms with Crippen LogP contribution in [0.5, 0.6) is 0 Å². The fourth-order valence-electron chi connectivity index (χ4n) is 1.48. The first-order valence-corrected chi connectivity index (χ1v) is 4.41. The van der Waals surface area contributed by atoms with Crippen molar-refractivity contribution in [2.75, 3.05) is 13.6 Å². The second-order valence-electron chi connectivity index (χ2n) is 3.07. The van der Waals surface area contributed by atoms with E-state index in [1.54, 1.807) is 0 Å². The highest BCUT2D eigenvalue weighted by Gasteiger charge is 2.22. The molecule has 6 heteroatoms. The van der Waals surface area contributed by atoms with Crippen LogP contribution in [-0.2, 0) is 13.0 Å². The van der Waals surface area contributed by atoms with Crippen LogP contribution in [-0.4, -0.2) is 24.4 Å². The van der Waals surface area contributed by atoms with Crippen LogP contribution in [0.2, 0.25) is 0 Å². The van der Waals surface area contributed by atoms with Gasteiger partial charge in [0.1, 0.15) is 0 Å². The Bertz CT molecular complexity index is 418. The largest absolute Gasteiger partial charge is 0.370 e. The summed E-state index contributed by atoms with van der Waals surface area (Å²) in [6.07, 6.45) is 0.613. The summed E-state index contributed by atoms with van der Waals surface area (Å²) >= 11 is 0. The summed E-state index contributed by atoms with van der Waals surface area (Å²) in [6, 6.07) is -0.538. The van der Waals surface area contributed by atoms with Crippen LogP contribution >= 0.6 is 0 Å². The molecule has 1 aliphatic rings. The van der Waals surface area contributed by atoms with Crippen molar-refractivity contribution in [2.45, 2.75) is 13.0 Å². The van der Waals surface area contributed by atoms with Crippen LogP contribution < -0.4 is 16.2 Å². The number of carbonyl (C=O) groups excluding carboxylic acids is 1. The first kappa shape index (κ1) is 9.01. The average molecular weight is 197 g/mol. The monoisotopic (exact) mass is 197 g/mol. The predicted molar refractivity (Wildman–Crippen MR) is 48.2 cm³/mol. The molecule has 0 unspecified atom stereocenters. The van der Waals surface area contributed by atoms with E-state index in [1.165, 1.54) is 7.05 Å². The summed E-state index contributed by atoms with van der Waals surface area (Å²) in [7, 11) is 1.45. The summed E-state index contributed by atoms with van der Waals surface area (Å²) in [4.78, 5) is 22.8. The van der Waals surface area contributed by atoms with Gasteiger partial charge < -0.3 is 15.2 Å². The lowest BCUT2D eigenvalue weighted by molar-refractivity contribution is 0.205. The quantitative estimate of drug-likeness (QED) is 0.575. The Balaban J connectivity index is 2.49. The molecule has 0 spiro atoms. The molecule has 0 aliphatic carbocycles. The van der Waals surface area contributed by atoms with E-state index < -0.39 is 6.03 Å². The van der Waals surface area contributed by atoms with E-state index in [9.17, 15) is 9.59 Å². The maximum atomic E-state index is 11.6. The highest BCUT2D eigenvalue weighted by molar-refractivity contribution is 5.74. The van der Waals surface area contributed by atoms with Gasteiger partial charge >= 0.3 is 6.03 Å². The highest BCUT2D eigenvalue weighted by atomic mass is 16.5. The Hall–Kier alpha value is -1.56. The molecule has 1 aliphatic heterocycles. The van der Waals surface area contributed by atoms with Crippen molar-refractivity contribution in [1.29, 1.82) is 0 Å². The molecular formula is C8H11N3O3. The molecular weight excluding hydrogens is 186 g/mol. The number of fused-ring (bicyclic) bond motifs is 1. The maximum absolute atomic E-state index is 11.6. The predicted octanol–water partition coefficient (Wildman–Crippen LogP) is -0.726. The zero-order chi connectivity index (χ0) is 10.1. The number of rotatable bonds is 0. The minimum Gasteiger partial charge on any atom is -0.370 e. The van der Waals surface area contributed by atoms with Crippen molar-refractivity contribution >= 4 is 6.03 Å². The van der Waals surface area contributed by atoms with E-state index in [4.69, 9.17) is 4.52 Å². The Morgan fingerprint density at radius 2 is 2.43 bits per heavy atom. The molecule has 0 radical (unpaired) electrons. The maximum Gasteiger partial charge on any atom is 0.358 e. The second-order valence-corrected chi connectivity index (χ2v) is 3.07. The van der Waals surface area contributed by atoms with Gasteiger partial charge in [0.05, 0.1) is 12.1 Å². The van der Waals surface area contributed by atoms with Crippen LogP contribution in [0.15, 0.2) is 9.32 Å². The number of nitrogens with one attached hydrogen (secondary N) is 2. The molecule has 0 atom stereocenters. The molecule has 6 nitrogen and oxygen atoms in total. The van der Waals surface area contributed by atoms with Gasteiger partial charge in [-0.1, -0.05) is 4.74 Å². The molecule has 2 heterocycles. The van der Waals surface area contributed by atoms with Crippen LogP contribution in [0, 0.1) is 0 Å². The van der Waals surface area contributed by atoms with Crippen LogP contribution in [0.1, 0.15) is 11.3 Å². The lowest BCUT2D eigenvalue weighted by Crippen LogP contribution is -2.33. The molecule has 2 rings (SSSR count). The lowest BCUT2D eigenvalue weighted by atomic mass is 10.1. The van der Waals surface area contributed by atoms with Crippen LogP contribution in [0.4, 0.5) is 4.79 Å². The van der Waals surface area contributed by atoms with Crippen LogP contribution in [0.3, 0.4) is 0 Å². The van der Waals surface area contributed by atoms with E-state index in [1.807, 2.05) is 0 Å². The number of carbonyl (C=O) groups is 1. The van der Waals surface area contributed by atoms with Crippen molar-refractivity contribution in [3.8, 4) is 0 Å². The fourth-order valence-corrected chi connectivity index (χ4v) is 1.48. The molecule has 1 aromatic rings. The third-order valence-electron chi connectivity index (χ3n) is 2.22. The van der Waals surface area contributed by atoms with Gasteiger partial charge in [0.15, 0.2) is 5.76 Å². The first-order valence-electron chi connectivity index (χ1n) is 4.41. The first-order chi connectivity index (χ1) is 6.74. The summed E-state index contributed by atoms with van der Waals surface area (Å²) < 4.78 is 5.88. The van der Waals surface area contributed by atoms with Gasteiger partial charge in [0.25, 0.3) is 5.56 Å². The van der Waals surface area contributed by atoms with Crippen molar-refractivity contribution in [1.82, 2.24) is 15.4 Å². The van der Waals surface area contributed by atoms with Gasteiger partial charge in [0.2, 0.25) is 0 Å². The minimum absolute atomic E-state index is 0.346. The molecule has 14 heavy (non-hydrogen) atoms. The summed E-state index contributed by atoms with van der Waals surface area (Å²) in [6.45, 7) is 1.25. The molecule has 0 saturated carbocycles. The van der Waals surface area contributed by atoms with Gasteiger partial charge in [-0.3, -0.25) is 4.79 Å². The SMILES string of the molecule is CNC(=O)n1oc2c(c1=O)CCNC2. The zero-order valence-corrected chi connectivity index (χ0v) is 7.79. The normalized spacial score (nSPS) is 14.9. The number of amides is 1. The van der Waals surface area contributed by atoms with Gasteiger partial charge in [-0.15, -0.1) is 0 Å². The molecule has 0 fully saturated rings. The van der Waals surface area contributed by atoms with E-state index >= 15 is 0 Å². The van der Waals surface area contributed by atoms with Gasteiger partial charge in [-0.05, 0) is 13.0 Å². The Labute approximate surface area is 79.8 Å². The fraction of sp³-hybridized carbons (Fsp3) is 0.500. The number of hydrogen-bond acceptors (Lipinski definition) is 4.